The summed E-state index contributed by atoms with van der Waals surface area (Å²) in [6, 6.07) is 22.3. The maximum absolute atomic E-state index is 6.88. The number of halogens is 2. The molecule has 1 heterocycles. The van der Waals surface area contributed by atoms with Crippen molar-refractivity contribution in [2.24, 2.45) is 0 Å². The Morgan fingerprint density at radius 2 is 1.60 bits per heavy atom. The van der Waals surface area contributed by atoms with Crippen LogP contribution in [-0.4, -0.2) is 28.2 Å². The molecule has 43 heavy (non-hydrogen) atoms. The number of alkyl halides is 1. The first-order valence-corrected chi connectivity index (χ1v) is 19.5. The van der Waals surface area contributed by atoms with Gasteiger partial charge in [0.2, 0.25) is 0 Å². The van der Waals surface area contributed by atoms with Crippen molar-refractivity contribution >= 4 is 31.6 Å². The summed E-state index contributed by atoms with van der Waals surface area (Å²) >= 11 is 6.69. The van der Waals surface area contributed by atoms with Crippen LogP contribution < -0.4 is 9.64 Å². The van der Waals surface area contributed by atoms with Crippen molar-refractivity contribution in [3.05, 3.63) is 94.0 Å². The molecule has 1 spiro atoms. The van der Waals surface area contributed by atoms with Crippen LogP contribution in [-0.2, 0) is 27.5 Å². The summed E-state index contributed by atoms with van der Waals surface area (Å²) in [5.74, 6) is 2.56. The summed E-state index contributed by atoms with van der Waals surface area (Å²) in [7, 11) is 5.72. The van der Waals surface area contributed by atoms with Crippen molar-refractivity contribution < 1.29 is 20.4 Å². The molecule has 3 aromatic carbocycles. The van der Waals surface area contributed by atoms with Crippen molar-refractivity contribution in [2.75, 3.05) is 10.8 Å². The van der Waals surface area contributed by atoms with E-state index in [2.05, 4.69) is 89.8 Å². The van der Waals surface area contributed by atoms with Gasteiger partial charge >= 0.3 is 90.3 Å². The molecule has 1 fully saturated rings. The minimum atomic E-state index is -0.191. The molecule has 2 aliphatic rings. The molecule has 0 saturated carbocycles. The zero-order valence-corrected chi connectivity index (χ0v) is 30.7. The molecule has 2 nitrogen and oxygen atoms in total. The Morgan fingerprint density at radius 1 is 0.953 bits per heavy atom. The van der Waals surface area contributed by atoms with Crippen LogP contribution >= 0.6 is 21.3 Å². The van der Waals surface area contributed by atoms with Crippen LogP contribution in [0.25, 0.3) is 0 Å². The zero-order valence-electron chi connectivity index (χ0n) is 27.5. The van der Waals surface area contributed by atoms with Gasteiger partial charge in [-0.25, -0.2) is 0 Å². The average Bonchev–Trinajstić information content (AvgIpc) is 3.41. The van der Waals surface area contributed by atoms with Crippen molar-refractivity contribution in [1.82, 2.24) is 0 Å². The van der Waals surface area contributed by atoms with Gasteiger partial charge in [-0.05, 0) is 74.1 Å². The summed E-state index contributed by atoms with van der Waals surface area (Å²) in [4.78, 5) is 2.75. The second kappa shape index (κ2) is 14.2. The third-order valence-corrected chi connectivity index (χ3v) is 10.6. The summed E-state index contributed by atoms with van der Waals surface area (Å²) in [6.45, 7) is 20.4. The Morgan fingerprint density at radius 3 is 2.19 bits per heavy atom. The molecule has 3 aromatic rings. The molecule has 0 amide bonds. The number of para-hydroxylation sites is 2. The van der Waals surface area contributed by atoms with Gasteiger partial charge < -0.3 is 4.90 Å². The predicted octanol–water partition coefficient (Wildman–Crippen LogP) is 10.6. The van der Waals surface area contributed by atoms with Crippen molar-refractivity contribution in [3.8, 4) is 5.75 Å². The topological polar surface area (TPSA) is 12.5 Å². The van der Waals surface area contributed by atoms with E-state index in [4.69, 9.17) is 26.0 Å². The third kappa shape index (κ3) is 7.10. The van der Waals surface area contributed by atoms with Crippen LogP contribution in [0, 0.1) is 6.92 Å². The van der Waals surface area contributed by atoms with Gasteiger partial charge in [0.15, 0.2) is 0 Å². The van der Waals surface area contributed by atoms with E-state index >= 15 is 0 Å². The fourth-order valence-corrected chi connectivity index (χ4v) is 9.01. The molecule has 0 bridgehead atoms. The van der Waals surface area contributed by atoms with Gasteiger partial charge in [-0.1, -0.05) is 69.7 Å². The zero-order chi connectivity index (χ0) is 31.5. The van der Waals surface area contributed by atoms with E-state index in [-0.39, 0.29) is 32.7 Å². The molecule has 5 heteroatoms. The Labute approximate surface area is 277 Å². The van der Waals surface area contributed by atoms with Crippen LogP contribution in [0.15, 0.2) is 60.7 Å². The van der Waals surface area contributed by atoms with Gasteiger partial charge in [-0.3, -0.25) is 0 Å². The summed E-state index contributed by atoms with van der Waals surface area (Å²) in [6.07, 6.45) is 3.76. The summed E-state index contributed by atoms with van der Waals surface area (Å²) in [5.41, 5.74) is 10.1. The second-order valence-electron chi connectivity index (χ2n) is 13.8. The second-order valence-corrected chi connectivity index (χ2v) is 15.9. The minimum absolute atomic E-state index is 0.0551. The van der Waals surface area contributed by atoms with Crippen molar-refractivity contribution in [2.45, 2.75) is 117 Å². The molecule has 1 aliphatic heterocycles. The number of rotatable bonds is 7. The van der Waals surface area contributed by atoms with Gasteiger partial charge in [0.05, 0.1) is 6.04 Å². The first-order chi connectivity index (χ1) is 20.4. The molecule has 1 saturated heterocycles. The first kappa shape index (κ1) is 34.2. The Hall–Kier alpha value is -1.67. The SMILES string of the molecule is CC(C)Oc1ccccc1[CH]=[Ru][Cl].Cc1ccc2c(c1)C1(CC2)CC(C)(C)N(c2c(C(C)C)cccc2C(C)C)C1CCl. The Balaban J connectivity index is 0.000000273. The molecule has 0 aromatic heterocycles. The van der Waals surface area contributed by atoms with Gasteiger partial charge in [-0.15, -0.1) is 11.6 Å². The van der Waals surface area contributed by atoms with E-state index in [0.717, 1.165) is 17.7 Å². The number of hydrogen-bond acceptors (Lipinski definition) is 2. The first-order valence-electron chi connectivity index (χ1n) is 15.8. The largest absolute Gasteiger partial charge is 0.361 e. The van der Waals surface area contributed by atoms with Crippen molar-refractivity contribution in [3.63, 3.8) is 0 Å². The van der Waals surface area contributed by atoms with E-state index in [1.165, 1.54) is 40.8 Å². The number of ether oxygens (including phenoxy) is 1. The number of anilines is 1. The van der Waals surface area contributed by atoms with Crippen LogP contribution in [0.3, 0.4) is 0 Å². The predicted molar refractivity (Wildman–Crippen MR) is 185 cm³/mol. The van der Waals surface area contributed by atoms with Gasteiger partial charge in [-0.2, -0.15) is 0 Å². The van der Waals surface area contributed by atoms with Gasteiger partial charge in [0.25, 0.3) is 0 Å². The van der Waals surface area contributed by atoms with Gasteiger partial charge in [0, 0.05) is 22.5 Å². The smallest absolute Gasteiger partial charge is 0.0528 e. The number of fused-ring (bicyclic) bond motifs is 2. The molecule has 235 valence electrons. The van der Waals surface area contributed by atoms with E-state index in [1.54, 1.807) is 5.56 Å². The quantitative estimate of drug-likeness (QED) is 0.179. The number of aryl methyl sites for hydroxylation is 2. The number of benzene rings is 3. The van der Waals surface area contributed by atoms with E-state index < -0.39 is 0 Å². The molecule has 1 aliphatic carbocycles. The summed E-state index contributed by atoms with van der Waals surface area (Å²) in [5, 5.41) is 0. The van der Waals surface area contributed by atoms with Crippen LogP contribution in [0.4, 0.5) is 5.69 Å². The van der Waals surface area contributed by atoms with E-state index in [1.807, 2.05) is 42.7 Å². The maximum Gasteiger partial charge on any atom is 0.0528 e. The molecule has 2 atom stereocenters. The van der Waals surface area contributed by atoms with Crippen LogP contribution in [0.2, 0.25) is 0 Å². The fourth-order valence-electron chi connectivity index (χ4n) is 7.47. The molecule has 5 rings (SSSR count). The Kier molecular flexibility index (Phi) is 11.3. The third-order valence-electron chi connectivity index (χ3n) is 9.15. The molecule has 2 unspecified atom stereocenters. The van der Waals surface area contributed by atoms with E-state index in [0.29, 0.717) is 23.8 Å². The number of nitrogens with zero attached hydrogens (tertiary/aromatic N) is 1. The fraction of sp³-hybridized carbons (Fsp3) is 0.500. The Bertz CT molecular complexity index is 1400. The van der Waals surface area contributed by atoms with Crippen molar-refractivity contribution in [1.29, 1.82) is 0 Å². The molecule has 0 radical (unpaired) electrons. The van der Waals surface area contributed by atoms with Crippen LogP contribution in [0.1, 0.15) is 113 Å². The maximum atomic E-state index is 6.88. The summed E-state index contributed by atoms with van der Waals surface area (Å²) < 4.78 is 7.66. The number of hydrogen-bond donors (Lipinski definition) is 0. The molecule has 0 N–H and O–H groups in total. The molecular weight excluding hydrogens is 658 g/mol. The molecular formula is C38H50Cl2NORu. The van der Waals surface area contributed by atoms with Gasteiger partial charge in [0.1, 0.15) is 0 Å². The van der Waals surface area contributed by atoms with E-state index in [9.17, 15) is 0 Å². The normalized spacial score (nSPS) is 21.0. The van der Waals surface area contributed by atoms with Crippen LogP contribution in [0.5, 0.6) is 5.75 Å². The average molecular weight is 709 g/mol. The monoisotopic (exact) mass is 708 g/mol. The minimum Gasteiger partial charge on any atom is -0.361 e. The standard InChI is InChI=1S/C28H38ClN.C10H12O.ClH.Ru/c1-18(2)22-9-8-10-23(19(3)4)26(22)30-25(16-29)28(17-27(30,6)7)14-13-21-12-11-20(5)15-24(21)28;1-8(2)11-10-7-5-4-6-9(10)3;;/h8-12,15,18-19,25H,13-14,16-17H2,1-7H3;3-8H,1-2H3;1H;/q;;;+1/p-1.